The van der Waals surface area contributed by atoms with E-state index in [0.29, 0.717) is 28.7 Å². The number of esters is 2. The van der Waals surface area contributed by atoms with Crippen molar-refractivity contribution in [2.45, 2.75) is 97.2 Å². The van der Waals surface area contributed by atoms with E-state index in [-0.39, 0.29) is 24.4 Å². The summed E-state index contributed by atoms with van der Waals surface area (Å²) in [6, 6.07) is 8.44. The van der Waals surface area contributed by atoms with E-state index in [1.54, 1.807) is 65.0 Å². The molecule has 39 heavy (non-hydrogen) atoms. The van der Waals surface area contributed by atoms with Crippen LogP contribution in [-0.2, 0) is 23.8 Å². The summed E-state index contributed by atoms with van der Waals surface area (Å²) in [5, 5.41) is 23.8. The molecule has 2 N–H and O–H groups in total. The minimum absolute atomic E-state index is 0.0148. The predicted molar refractivity (Wildman–Crippen MR) is 144 cm³/mol. The fourth-order valence-electron chi connectivity index (χ4n) is 6.83. The van der Waals surface area contributed by atoms with Gasteiger partial charge in [0.25, 0.3) is 0 Å². The van der Waals surface area contributed by atoms with Crippen LogP contribution in [-0.4, -0.2) is 64.1 Å². The van der Waals surface area contributed by atoms with Crippen molar-refractivity contribution in [3.63, 3.8) is 0 Å². The van der Waals surface area contributed by atoms with E-state index in [1.165, 1.54) is 6.92 Å². The zero-order valence-electron chi connectivity index (χ0n) is 23.9. The Bertz CT molecular complexity index is 1230. The summed E-state index contributed by atoms with van der Waals surface area (Å²) in [7, 11) is 0. The normalized spacial score (nSPS) is 36.0. The van der Waals surface area contributed by atoms with E-state index in [0.717, 1.165) is 6.42 Å². The maximum atomic E-state index is 14.0. The Hall–Kier alpha value is -2.81. The molecule has 0 radical (unpaired) electrons. The second-order valence-electron chi connectivity index (χ2n) is 11.8. The minimum atomic E-state index is -1.90. The van der Waals surface area contributed by atoms with Crippen molar-refractivity contribution < 1.29 is 38.8 Å². The molecule has 0 saturated carbocycles. The molecule has 0 spiro atoms. The largest absolute Gasteiger partial charge is 0.455 e. The third kappa shape index (κ3) is 4.46. The number of Topliss-reactive ketones (excluding diaryl/α,β-unsaturated/α-hetero) is 1. The molecular formula is C31H40O8. The second kappa shape index (κ2) is 10.3. The van der Waals surface area contributed by atoms with Crippen molar-refractivity contribution in [1.29, 1.82) is 0 Å². The van der Waals surface area contributed by atoms with Gasteiger partial charge in [-0.3, -0.25) is 9.59 Å². The number of allylic oxidation sites excluding steroid dienone is 1. The molecule has 212 valence electrons. The van der Waals surface area contributed by atoms with Crippen molar-refractivity contribution in [2.24, 2.45) is 11.3 Å². The smallest absolute Gasteiger partial charge is 0.338 e. The molecule has 1 aromatic carbocycles. The van der Waals surface area contributed by atoms with Gasteiger partial charge in [0.05, 0.1) is 24.2 Å². The van der Waals surface area contributed by atoms with Gasteiger partial charge in [0, 0.05) is 24.3 Å². The van der Waals surface area contributed by atoms with Crippen molar-refractivity contribution in [3.8, 4) is 0 Å². The highest BCUT2D eigenvalue weighted by Gasteiger charge is 2.68. The molecule has 0 aromatic heterocycles. The van der Waals surface area contributed by atoms with Gasteiger partial charge in [0.15, 0.2) is 11.4 Å². The van der Waals surface area contributed by atoms with Gasteiger partial charge in [-0.05, 0) is 50.5 Å². The predicted octanol–water partition coefficient (Wildman–Crippen LogP) is 4.09. The van der Waals surface area contributed by atoms with E-state index < -0.39 is 52.8 Å². The van der Waals surface area contributed by atoms with Crippen LogP contribution >= 0.6 is 0 Å². The number of ketones is 1. The van der Waals surface area contributed by atoms with E-state index in [4.69, 9.17) is 14.2 Å². The number of ether oxygens (including phenoxy) is 3. The molecule has 2 bridgehead atoms. The number of aliphatic hydroxyl groups excluding tert-OH is 1. The van der Waals surface area contributed by atoms with E-state index in [2.05, 4.69) is 0 Å². The first-order valence-electron chi connectivity index (χ1n) is 13.6. The molecule has 6 atom stereocenters. The van der Waals surface area contributed by atoms with Crippen molar-refractivity contribution in [3.05, 3.63) is 58.2 Å². The van der Waals surface area contributed by atoms with Crippen LogP contribution < -0.4 is 0 Å². The lowest BCUT2D eigenvalue weighted by molar-refractivity contribution is -0.294. The molecule has 1 aromatic rings. The van der Waals surface area contributed by atoms with E-state index >= 15 is 0 Å². The molecule has 1 saturated heterocycles. The van der Waals surface area contributed by atoms with Crippen molar-refractivity contribution in [1.82, 2.24) is 0 Å². The van der Waals surface area contributed by atoms with Gasteiger partial charge in [-0.15, -0.1) is 0 Å². The van der Waals surface area contributed by atoms with Crippen LogP contribution in [0.3, 0.4) is 0 Å². The molecule has 3 aliphatic rings. The number of carbonyl (C=O) groups excluding carboxylic acids is 3. The van der Waals surface area contributed by atoms with Gasteiger partial charge >= 0.3 is 11.9 Å². The third-order valence-electron chi connectivity index (χ3n) is 9.21. The van der Waals surface area contributed by atoms with Gasteiger partial charge in [0.1, 0.15) is 17.8 Å². The van der Waals surface area contributed by atoms with E-state index in [9.17, 15) is 24.6 Å². The number of hydrogen-bond acceptors (Lipinski definition) is 8. The molecule has 4 rings (SSSR count). The van der Waals surface area contributed by atoms with Crippen LogP contribution in [0, 0.1) is 11.3 Å². The number of fused-ring (bicyclic) bond motifs is 2. The van der Waals surface area contributed by atoms with E-state index in [1.807, 2.05) is 6.92 Å². The standard InChI is InChI=1S/C31H40O8/c1-8-12-23-30(16-37-23,39-20(5)32)25-17(2)18(3)26(34)24-19(4)22(33)15-31(36,29(24,6)7)27(25)38-28(35)21-13-10-9-11-14-21/h9-11,13-14,22-23,25,27,33,36H,8,12,15-16H2,1-7H3/b18-17-/t22-,23+,25+,27-,30-,31+/m0/s1. The summed E-state index contributed by atoms with van der Waals surface area (Å²) < 4.78 is 18.2. The average Bonchev–Trinajstić information content (AvgIpc) is 2.87. The zero-order chi connectivity index (χ0) is 28.9. The van der Waals surface area contributed by atoms with Gasteiger partial charge in [-0.25, -0.2) is 4.79 Å². The van der Waals surface area contributed by atoms with Crippen molar-refractivity contribution in [2.75, 3.05) is 6.61 Å². The molecule has 0 unspecified atom stereocenters. The van der Waals surface area contributed by atoms with Crippen LogP contribution in [0.4, 0.5) is 0 Å². The Kier molecular flexibility index (Phi) is 7.71. The topological polar surface area (TPSA) is 119 Å². The Labute approximate surface area is 230 Å². The third-order valence-corrected chi connectivity index (χ3v) is 9.21. The summed E-state index contributed by atoms with van der Waals surface area (Å²) in [6.45, 7) is 11.9. The number of rotatable bonds is 6. The number of hydrogen-bond donors (Lipinski definition) is 2. The Morgan fingerprint density at radius 1 is 1.10 bits per heavy atom. The summed E-state index contributed by atoms with van der Waals surface area (Å²) in [5.74, 6) is -2.42. The SMILES string of the molecule is CCC[C@H]1OC[C@@]1(OC(C)=O)[C@@H]1/C(C)=C(/C)C(=O)C2=C(C)[C@@H](O)C[C@@](O)([C@H]1OC(=O)c1ccccc1)C2(C)C. The number of carbonyl (C=O) groups is 3. The Morgan fingerprint density at radius 2 is 1.74 bits per heavy atom. The van der Waals surface area contributed by atoms with Gasteiger partial charge in [0.2, 0.25) is 0 Å². The average molecular weight is 541 g/mol. The highest BCUT2D eigenvalue weighted by Crippen LogP contribution is 2.58. The maximum Gasteiger partial charge on any atom is 0.338 e. The summed E-state index contributed by atoms with van der Waals surface area (Å²) in [6.07, 6.45) is -1.85. The molecule has 1 heterocycles. The summed E-state index contributed by atoms with van der Waals surface area (Å²) >= 11 is 0. The lowest BCUT2D eigenvalue weighted by Crippen LogP contribution is -2.73. The molecular weight excluding hydrogens is 500 g/mol. The Morgan fingerprint density at radius 3 is 2.28 bits per heavy atom. The summed E-state index contributed by atoms with van der Waals surface area (Å²) in [4.78, 5) is 40.1. The fraction of sp³-hybridized carbons (Fsp3) is 0.581. The molecule has 8 heteroatoms. The highest BCUT2D eigenvalue weighted by atomic mass is 16.6. The number of benzene rings is 1. The molecule has 8 nitrogen and oxygen atoms in total. The molecule has 1 aliphatic heterocycles. The van der Waals surface area contributed by atoms with Gasteiger partial charge < -0.3 is 24.4 Å². The van der Waals surface area contributed by atoms with Crippen LogP contribution in [0.1, 0.15) is 78.1 Å². The lowest BCUT2D eigenvalue weighted by atomic mass is 9.52. The first-order chi connectivity index (χ1) is 18.2. The van der Waals surface area contributed by atoms with Gasteiger partial charge in [-0.2, -0.15) is 0 Å². The van der Waals surface area contributed by atoms with Crippen LogP contribution in [0.15, 0.2) is 52.6 Å². The van der Waals surface area contributed by atoms with Gasteiger partial charge in [-0.1, -0.05) is 51.0 Å². The maximum absolute atomic E-state index is 14.0. The minimum Gasteiger partial charge on any atom is -0.455 e. The first-order valence-corrected chi connectivity index (χ1v) is 13.6. The first kappa shape index (κ1) is 29.2. The molecule has 2 aliphatic carbocycles. The lowest BCUT2D eigenvalue weighted by Gasteiger charge is -2.60. The zero-order valence-corrected chi connectivity index (χ0v) is 23.9. The van der Waals surface area contributed by atoms with Crippen molar-refractivity contribution >= 4 is 17.7 Å². The van der Waals surface area contributed by atoms with Crippen LogP contribution in [0.2, 0.25) is 0 Å². The molecule has 1 fully saturated rings. The molecule has 0 amide bonds. The Balaban J connectivity index is 2.04. The second-order valence-corrected chi connectivity index (χ2v) is 11.8. The van der Waals surface area contributed by atoms with Crippen LogP contribution in [0.25, 0.3) is 0 Å². The number of aliphatic hydroxyl groups is 2. The fourth-order valence-corrected chi connectivity index (χ4v) is 6.83. The monoisotopic (exact) mass is 540 g/mol. The summed E-state index contributed by atoms with van der Waals surface area (Å²) in [5.41, 5.74) is -2.39. The van der Waals surface area contributed by atoms with Crippen LogP contribution in [0.5, 0.6) is 0 Å². The quantitative estimate of drug-likeness (QED) is 0.518. The highest BCUT2D eigenvalue weighted by molar-refractivity contribution is 6.10.